The SMILES string of the molecule is CN(C)CC1(NC(=O)OC(C)(C)C)CCOCC1. The molecule has 1 aliphatic rings. The van der Waals surface area contributed by atoms with Crippen molar-refractivity contribution in [2.24, 2.45) is 0 Å². The number of ether oxygens (including phenoxy) is 2. The van der Waals surface area contributed by atoms with Crippen LogP contribution in [0, 0.1) is 0 Å². The fourth-order valence-electron chi connectivity index (χ4n) is 2.21. The van der Waals surface area contributed by atoms with Gasteiger partial charge in [-0.05, 0) is 47.7 Å². The number of carbonyl (C=O) groups is 1. The number of nitrogens with one attached hydrogen (secondary N) is 1. The van der Waals surface area contributed by atoms with Gasteiger partial charge in [-0.1, -0.05) is 0 Å². The minimum absolute atomic E-state index is 0.232. The highest BCUT2D eigenvalue weighted by Crippen LogP contribution is 2.22. The van der Waals surface area contributed by atoms with Gasteiger partial charge in [0.1, 0.15) is 5.60 Å². The molecule has 0 spiro atoms. The van der Waals surface area contributed by atoms with Crippen molar-refractivity contribution in [1.82, 2.24) is 10.2 Å². The van der Waals surface area contributed by atoms with Gasteiger partial charge in [-0.25, -0.2) is 4.79 Å². The molecule has 1 amide bonds. The van der Waals surface area contributed by atoms with Gasteiger partial charge in [-0.3, -0.25) is 0 Å². The molecule has 0 aliphatic carbocycles. The Bertz CT molecular complexity index is 278. The molecule has 0 bridgehead atoms. The zero-order valence-electron chi connectivity index (χ0n) is 12.2. The molecule has 0 radical (unpaired) electrons. The van der Waals surface area contributed by atoms with Gasteiger partial charge in [-0.2, -0.15) is 0 Å². The molecule has 1 heterocycles. The van der Waals surface area contributed by atoms with Gasteiger partial charge in [0.05, 0.1) is 5.54 Å². The van der Waals surface area contributed by atoms with E-state index in [0.717, 1.165) is 19.4 Å². The van der Waals surface area contributed by atoms with Gasteiger partial charge in [0, 0.05) is 19.8 Å². The quantitative estimate of drug-likeness (QED) is 0.836. The van der Waals surface area contributed by atoms with Crippen LogP contribution in [-0.2, 0) is 9.47 Å². The Kier molecular flexibility index (Phi) is 4.99. The summed E-state index contributed by atoms with van der Waals surface area (Å²) >= 11 is 0. The Morgan fingerprint density at radius 1 is 1.33 bits per heavy atom. The lowest BCUT2D eigenvalue weighted by Crippen LogP contribution is -2.58. The molecular formula is C13H26N2O3. The van der Waals surface area contributed by atoms with Crippen molar-refractivity contribution >= 4 is 6.09 Å². The number of amides is 1. The van der Waals surface area contributed by atoms with E-state index in [1.807, 2.05) is 34.9 Å². The third-order valence-electron chi connectivity index (χ3n) is 2.83. The molecule has 1 fully saturated rings. The molecule has 5 heteroatoms. The van der Waals surface area contributed by atoms with E-state index in [2.05, 4.69) is 10.2 Å². The number of hydrogen-bond acceptors (Lipinski definition) is 4. The summed E-state index contributed by atoms with van der Waals surface area (Å²) in [6, 6.07) is 0. The summed E-state index contributed by atoms with van der Waals surface area (Å²) in [4.78, 5) is 14.0. The standard InChI is InChI=1S/C13H26N2O3/c1-12(2,3)18-11(16)14-13(10-15(4)5)6-8-17-9-7-13/h6-10H2,1-5H3,(H,14,16). The molecule has 1 aliphatic heterocycles. The lowest BCUT2D eigenvalue weighted by molar-refractivity contribution is 0.0102. The second kappa shape index (κ2) is 5.89. The average Bonchev–Trinajstić information content (AvgIpc) is 2.13. The van der Waals surface area contributed by atoms with Crippen molar-refractivity contribution in [3.05, 3.63) is 0 Å². The first-order valence-electron chi connectivity index (χ1n) is 6.46. The minimum atomic E-state index is -0.464. The summed E-state index contributed by atoms with van der Waals surface area (Å²) in [7, 11) is 4.02. The second-order valence-corrected chi connectivity index (χ2v) is 6.26. The average molecular weight is 258 g/mol. The number of alkyl carbamates (subject to hydrolysis) is 1. The Hall–Kier alpha value is -0.810. The number of nitrogens with zero attached hydrogens (tertiary/aromatic N) is 1. The summed E-state index contributed by atoms with van der Waals surface area (Å²) in [5, 5.41) is 3.04. The van der Waals surface area contributed by atoms with Gasteiger partial charge in [0.2, 0.25) is 0 Å². The van der Waals surface area contributed by atoms with Crippen LogP contribution in [-0.4, -0.2) is 56.0 Å². The van der Waals surface area contributed by atoms with Crippen molar-refractivity contribution in [2.45, 2.75) is 44.8 Å². The van der Waals surface area contributed by atoms with Crippen LogP contribution in [0.3, 0.4) is 0 Å². The highest BCUT2D eigenvalue weighted by Gasteiger charge is 2.36. The van der Waals surface area contributed by atoms with E-state index >= 15 is 0 Å². The fourth-order valence-corrected chi connectivity index (χ4v) is 2.21. The van der Waals surface area contributed by atoms with Gasteiger partial charge in [-0.15, -0.1) is 0 Å². The Balaban J connectivity index is 2.63. The first-order chi connectivity index (χ1) is 8.22. The predicted molar refractivity (Wildman–Crippen MR) is 70.7 cm³/mol. The number of hydrogen-bond donors (Lipinski definition) is 1. The first kappa shape index (κ1) is 15.2. The van der Waals surface area contributed by atoms with Crippen LogP contribution in [0.1, 0.15) is 33.6 Å². The highest BCUT2D eigenvalue weighted by molar-refractivity contribution is 5.68. The Labute approximate surface area is 110 Å². The van der Waals surface area contributed by atoms with E-state index in [9.17, 15) is 4.79 Å². The number of likely N-dealkylation sites (N-methyl/N-ethyl adjacent to an activating group) is 1. The molecule has 1 N–H and O–H groups in total. The van der Waals surface area contributed by atoms with E-state index in [0.29, 0.717) is 13.2 Å². The van der Waals surface area contributed by atoms with Gasteiger partial charge < -0.3 is 19.7 Å². The largest absolute Gasteiger partial charge is 0.444 e. The molecule has 5 nitrogen and oxygen atoms in total. The topological polar surface area (TPSA) is 50.8 Å². The summed E-state index contributed by atoms with van der Waals surface area (Å²) in [6.45, 7) is 7.78. The summed E-state index contributed by atoms with van der Waals surface area (Å²) in [5.74, 6) is 0. The van der Waals surface area contributed by atoms with Crippen LogP contribution < -0.4 is 5.32 Å². The molecule has 0 aromatic rings. The molecule has 0 aromatic carbocycles. The zero-order chi connectivity index (χ0) is 13.8. The molecular weight excluding hydrogens is 232 g/mol. The summed E-state index contributed by atoms with van der Waals surface area (Å²) in [5.41, 5.74) is -0.696. The maximum Gasteiger partial charge on any atom is 0.408 e. The maximum atomic E-state index is 11.9. The second-order valence-electron chi connectivity index (χ2n) is 6.26. The molecule has 0 atom stereocenters. The molecule has 18 heavy (non-hydrogen) atoms. The molecule has 106 valence electrons. The van der Waals surface area contributed by atoms with Crippen molar-refractivity contribution < 1.29 is 14.3 Å². The number of carbonyl (C=O) groups excluding carboxylic acids is 1. The molecule has 1 saturated heterocycles. The van der Waals surface area contributed by atoms with Gasteiger partial charge >= 0.3 is 6.09 Å². The van der Waals surface area contributed by atoms with Gasteiger partial charge in [0.25, 0.3) is 0 Å². The van der Waals surface area contributed by atoms with Crippen molar-refractivity contribution in [1.29, 1.82) is 0 Å². The van der Waals surface area contributed by atoms with Crippen LogP contribution >= 0.6 is 0 Å². The minimum Gasteiger partial charge on any atom is -0.444 e. The summed E-state index contributed by atoms with van der Waals surface area (Å²) < 4.78 is 10.7. The van der Waals surface area contributed by atoms with Gasteiger partial charge in [0.15, 0.2) is 0 Å². The number of rotatable bonds is 3. The highest BCUT2D eigenvalue weighted by atomic mass is 16.6. The Morgan fingerprint density at radius 2 is 1.89 bits per heavy atom. The van der Waals surface area contributed by atoms with E-state index in [1.54, 1.807) is 0 Å². The molecule has 0 unspecified atom stereocenters. The molecule has 1 rings (SSSR count). The van der Waals surface area contributed by atoms with E-state index < -0.39 is 5.60 Å². The third-order valence-corrected chi connectivity index (χ3v) is 2.83. The van der Waals surface area contributed by atoms with Crippen LogP contribution in [0.4, 0.5) is 4.79 Å². The van der Waals surface area contributed by atoms with Crippen LogP contribution in [0.15, 0.2) is 0 Å². The fraction of sp³-hybridized carbons (Fsp3) is 0.923. The maximum absolute atomic E-state index is 11.9. The lowest BCUT2D eigenvalue weighted by Gasteiger charge is -2.40. The van der Waals surface area contributed by atoms with Crippen molar-refractivity contribution in [2.75, 3.05) is 33.9 Å². The Morgan fingerprint density at radius 3 is 2.33 bits per heavy atom. The van der Waals surface area contributed by atoms with E-state index in [1.165, 1.54) is 0 Å². The molecule has 0 aromatic heterocycles. The van der Waals surface area contributed by atoms with Crippen molar-refractivity contribution in [3.8, 4) is 0 Å². The van der Waals surface area contributed by atoms with E-state index in [4.69, 9.17) is 9.47 Å². The summed E-state index contributed by atoms with van der Waals surface area (Å²) in [6.07, 6.45) is 1.31. The predicted octanol–water partition coefficient (Wildman–Crippen LogP) is 1.62. The smallest absolute Gasteiger partial charge is 0.408 e. The van der Waals surface area contributed by atoms with Crippen LogP contribution in [0.5, 0.6) is 0 Å². The third kappa shape index (κ3) is 5.23. The normalized spacial score (nSPS) is 19.7. The lowest BCUT2D eigenvalue weighted by atomic mass is 9.89. The van der Waals surface area contributed by atoms with Crippen LogP contribution in [0.25, 0.3) is 0 Å². The monoisotopic (exact) mass is 258 g/mol. The van der Waals surface area contributed by atoms with Crippen molar-refractivity contribution in [3.63, 3.8) is 0 Å². The molecule has 0 saturated carbocycles. The van der Waals surface area contributed by atoms with E-state index in [-0.39, 0.29) is 11.6 Å². The first-order valence-corrected chi connectivity index (χ1v) is 6.46. The van der Waals surface area contributed by atoms with Crippen LogP contribution in [0.2, 0.25) is 0 Å². The zero-order valence-corrected chi connectivity index (χ0v) is 12.2.